The first-order valence-corrected chi connectivity index (χ1v) is 3.42. The number of aliphatic hydroxyl groups excluding tert-OH is 1. The zero-order valence-corrected chi connectivity index (χ0v) is 6.25. The Balaban J connectivity index is 0. The van der Waals surface area contributed by atoms with Gasteiger partial charge in [-0.05, 0) is 18.4 Å². The summed E-state index contributed by atoms with van der Waals surface area (Å²) < 4.78 is 0. The summed E-state index contributed by atoms with van der Waals surface area (Å²) >= 11 is 7.69. The molecule has 0 rings (SSSR count). The summed E-state index contributed by atoms with van der Waals surface area (Å²) in [7, 11) is 0. The standard InChI is InChI=1S/C2H6O.C2H6S2/c1-2-3;3-1-2-4/h3H,2H2,1H3;3-4H,1-2H2. The molecular formula is C4H12OS2. The van der Waals surface area contributed by atoms with Crippen LogP contribution < -0.4 is 0 Å². The zero-order valence-electron chi connectivity index (χ0n) is 4.46. The van der Waals surface area contributed by atoms with Crippen LogP contribution in [0.3, 0.4) is 0 Å². The van der Waals surface area contributed by atoms with Gasteiger partial charge in [0, 0.05) is 6.61 Å². The molecule has 0 saturated heterocycles. The highest BCUT2D eigenvalue weighted by atomic mass is 32.1. The van der Waals surface area contributed by atoms with Gasteiger partial charge in [-0.1, -0.05) is 0 Å². The SMILES string of the molecule is CCO.SCCS. The van der Waals surface area contributed by atoms with Crippen molar-refractivity contribution >= 4 is 25.3 Å². The molecule has 0 amide bonds. The maximum absolute atomic E-state index is 7.57. The molecule has 0 aromatic carbocycles. The van der Waals surface area contributed by atoms with Gasteiger partial charge in [-0.2, -0.15) is 25.3 Å². The summed E-state index contributed by atoms with van der Waals surface area (Å²) in [6.07, 6.45) is 0. The van der Waals surface area contributed by atoms with E-state index in [4.69, 9.17) is 5.11 Å². The van der Waals surface area contributed by atoms with E-state index in [-0.39, 0.29) is 6.61 Å². The second-order valence-electron chi connectivity index (χ2n) is 0.763. The largest absolute Gasteiger partial charge is 0.397 e. The summed E-state index contributed by atoms with van der Waals surface area (Å²) in [6, 6.07) is 0. The molecule has 0 saturated carbocycles. The molecule has 1 nitrogen and oxygen atoms in total. The number of rotatable bonds is 1. The van der Waals surface area contributed by atoms with Gasteiger partial charge in [0.15, 0.2) is 0 Å². The minimum Gasteiger partial charge on any atom is -0.397 e. The monoisotopic (exact) mass is 140 g/mol. The van der Waals surface area contributed by atoms with Crippen molar-refractivity contribution in [1.82, 2.24) is 0 Å². The van der Waals surface area contributed by atoms with Crippen LogP contribution in [0.25, 0.3) is 0 Å². The van der Waals surface area contributed by atoms with Crippen LogP contribution in [0, 0.1) is 0 Å². The van der Waals surface area contributed by atoms with Gasteiger partial charge in [-0.3, -0.25) is 0 Å². The predicted molar refractivity (Wildman–Crippen MR) is 40.5 cm³/mol. The fraction of sp³-hybridized carbons (Fsp3) is 1.00. The molecule has 7 heavy (non-hydrogen) atoms. The van der Waals surface area contributed by atoms with Gasteiger partial charge in [0.2, 0.25) is 0 Å². The van der Waals surface area contributed by atoms with Crippen molar-refractivity contribution in [1.29, 1.82) is 0 Å². The molecule has 0 fully saturated rings. The predicted octanol–water partition coefficient (Wildman–Crippen LogP) is 0.845. The molecule has 0 aliphatic heterocycles. The van der Waals surface area contributed by atoms with E-state index in [0.717, 1.165) is 11.5 Å². The third kappa shape index (κ3) is 52.5. The number of thiol groups is 2. The highest BCUT2D eigenvalue weighted by Crippen LogP contribution is 1.73. The quantitative estimate of drug-likeness (QED) is 0.461. The van der Waals surface area contributed by atoms with E-state index in [1.165, 1.54) is 0 Å². The second-order valence-corrected chi connectivity index (χ2v) is 1.66. The van der Waals surface area contributed by atoms with Crippen LogP contribution in [0.15, 0.2) is 0 Å². The van der Waals surface area contributed by atoms with Crippen LogP contribution in [-0.2, 0) is 0 Å². The molecule has 46 valence electrons. The molecule has 0 aliphatic carbocycles. The molecule has 0 atom stereocenters. The van der Waals surface area contributed by atoms with Gasteiger partial charge in [0.25, 0.3) is 0 Å². The average Bonchev–Trinajstić information content (AvgIpc) is 1.69. The van der Waals surface area contributed by atoms with Crippen molar-refractivity contribution in [3.05, 3.63) is 0 Å². The van der Waals surface area contributed by atoms with Crippen molar-refractivity contribution in [2.45, 2.75) is 6.92 Å². The molecule has 0 heterocycles. The first-order valence-electron chi connectivity index (χ1n) is 2.16. The third-order valence-corrected chi connectivity index (χ3v) is 0.900. The smallest absolute Gasteiger partial charge is 0.0402 e. The number of aliphatic hydroxyl groups is 1. The highest BCUT2D eigenvalue weighted by molar-refractivity contribution is 7.84. The zero-order chi connectivity index (χ0) is 6.12. The Morgan fingerprint density at radius 2 is 1.43 bits per heavy atom. The summed E-state index contributed by atoms with van der Waals surface area (Å²) in [6.45, 7) is 1.93. The summed E-state index contributed by atoms with van der Waals surface area (Å²) in [5, 5.41) is 7.57. The summed E-state index contributed by atoms with van der Waals surface area (Å²) in [4.78, 5) is 0. The molecular weight excluding hydrogens is 128 g/mol. The Labute approximate surface area is 55.9 Å². The van der Waals surface area contributed by atoms with E-state index in [9.17, 15) is 0 Å². The summed E-state index contributed by atoms with van der Waals surface area (Å²) in [5.41, 5.74) is 0. The van der Waals surface area contributed by atoms with Crippen LogP contribution in [0.5, 0.6) is 0 Å². The second kappa shape index (κ2) is 15.9. The van der Waals surface area contributed by atoms with Crippen LogP contribution in [0.4, 0.5) is 0 Å². The van der Waals surface area contributed by atoms with Gasteiger partial charge in [0.05, 0.1) is 0 Å². The Morgan fingerprint density at radius 3 is 1.43 bits per heavy atom. The van der Waals surface area contributed by atoms with E-state index in [1.54, 1.807) is 6.92 Å². The average molecular weight is 140 g/mol. The molecule has 0 aromatic rings. The Hall–Kier alpha value is 0.660. The Morgan fingerprint density at radius 1 is 1.29 bits per heavy atom. The molecule has 0 aliphatic rings. The Bertz CT molecular complexity index is 17.2. The molecule has 0 spiro atoms. The molecule has 0 aromatic heterocycles. The minimum atomic E-state index is 0.250. The minimum absolute atomic E-state index is 0.250. The molecule has 0 radical (unpaired) electrons. The van der Waals surface area contributed by atoms with E-state index < -0.39 is 0 Å². The van der Waals surface area contributed by atoms with Crippen LogP contribution in [0.2, 0.25) is 0 Å². The summed E-state index contributed by atoms with van der Waals surface area (Å²) in [5.74, 6) is 1.76. The van der Waals surface area contributed by atoms with Crippen LogP contribution in [0.1, 0.15) is 6.92 Å². The fourth-order valence-electron chi connectivity index (χ4n) is 0. The van der Waals surface area contributed by atoms with Crippen LogP contribution >= 0.6 is 25.3 Å². The van der Waals surface area contributed by atoms with Crippen molar-refractivity contribution < 1.29 is 5.11 Å². The lowest BCUT2D eigenvalue weighted by atomic mass is 10.9. The van der Waals surface area contributed by atoms with E-state index in [0.29, 0.717) is 0 Å². The van der Waals surface area contributed by atoms with Gasteiger partial charge in [-0.15, -0.1) is 0 Å². The van der Waals surface area contributed by atoms with Crippen molar-refractivity contribution in [3.8, 4) is 0 Å². The fourth-order valence-corrected chi connectivity index (χ4v) is 0. The van der Waals surface area contributed by atoms with Gasteiger partial charge >= 0.3 is 0 Å². The molecule has 0 bridgehead atoms. The maximum atomic E-state index is 7.57. The number of hydrogen-bond donors (Lipinski definition) is 3. The van der Waals surface area contributed by atoms with Crippen molar-refractivity contribution in [2.24, 2.45) is 0 Å². The van der Waals surface area contributed by atoms with Crippen molar-refractivity contribution in [3.63, 3.8) is 0 Å². The Kier molecular flexibility index (Phi) is 24.1. The highest BCUT2D eigenvalue weighted by Gasteiger charge is 1.57. The molecule has 1 N–H and O–H groups in total. The third-order valence-electron chi connectivity index (χ3n) is 0.1000. The van der Waals surface area contributed by atoms with Crippen LogP contribution in [-0.4, -0.2) is 23.2 Å². The van der Waals surface area contributed by atoms with E-state index in [2.05, 4.69) is 25.3 Å². The van der Waals surface area contributed by atoms with Crippen molar-refractivity contribution in [2.75, 3.05) is 18.1 Å². The molecule has 0 unspecified atom stereocenters. The van der Waals surface area contributed by atoms with Gasteiger partial charge in [0.1, 0.15) is 0 Å². The number of hydrogen-bond acceptors (Lipinski definition) is 3. The van der Waals surface area contributed by atoms with Gasteiger partial charge < -0.3 is 5.11 Å². The lowest BCUT2D eigenvalue weighted by Crippen LogP contribution is -1.64. The van der Waals surface area contributed by atoms with E-state index in [1.807, 2.05) is 0 Å². The topological polar surface area (TPSA) is 20.2 Å². The maximum Gasteiger partial charge on any atom is 0.0402 e. The normalized spacial score (nSPS) is 6.86. The van der Waals surface area contributed by atoms with E-state index >= 15 is 0 Å². The first-order chi connectivity index (χ1) is 3.33. The molecule has 3 heteroatoms. The lowest BCUT2D eigenvalue weighted by molar-refractivity contribution is 0.318. The van der Waals surface area contributed by atoms with Gasteiger partial charge in [-0.25, -0.2) is 0 Å². The lowest BCUT2D eigenvalue weighted by Gasteiger charge is -1.67. The first kappa shape index (κ1) is 10.6.